The molecular weight excluding hydrogens is 421 g/mol. The van der Waals surface area contributed by atoms with Crippen LogP contribution in [0.1, 0.15) is 31.4 Å². The molecule has 0 radical (unpaired) electrons. The fraction of sp³-hybridized carbons (Fsp3) is 0.227. The third-order valence-electron chi connectivity index (χ3n) is 6.05. The highest BCUT2D eigenvalue weighted by Gasteiger charge is 2.53. The molecule has 9 heteroatoms. The molecule has 3 heterocycles. The molecule has 2 unspecified atom stereocenters. The van der Waals surface area contributed by atoms with E-state index in [1.165, 1.54) is 18.3 Å². The van der Waals surface area contributed by atoms with Gasteiger partial charge in [0.1, 0.15) is 18.1 Å². The van der Waals surface area contributed by atoms with Gasteiger partial charge < -0.3 is 5.11 Å². The van der Waals surface area contributed by atoms with Crippen LogP contribution in [0.2, 0.25) is 0 Å². The minimum atomic E-state index is -1.04. The number of carboxylic acids is 1. The number of hydrogen-bond acceptors (Lipinski definition) is 5. The second-order valence-electron chi connectivity index (χ2n) is 7.70. The first-order valence-corrected chi connectivity index (χ1v) is 10.3. The Bertz CT molecular complexity index is 1210. The number of quaternary nitrogens is 1. The average Bonchev–Trinajstić information content (AvgIpc) is 3.12. The zero-order chi connectivity index (χ0) is 21.6. The molecule has 1 N–H and O–H groups in total. The summed E-state index contributed by atoms with van der Waals surface area (Å²) in [5, 5.41) is 19.1. The Labute approximate surface area is 182 Å². The Hall–Kier alpha value is -3.23. The molecule has 0 amide bonds. The molecular formula is C22H18ClFN5O2+. The lowest BCUT2D eigenvalue weighted by molar-refractivity contribution is -0.721. The molecule has 7 nitrogen and oxygen atoms in total. The van der Waals surface area contributed by atoms with Gasteiger partial charge in [-0.15, -0.1) is 0 Å². The molecule has 0 saturated heterocycles. The van der Waals surface area contributed by atoms with E-state index in [1.807, 2.05) is 6.08 Å². The lowest BCUT2D eigenvalue weighted by Crippen LogP contribution is -2.58. The molecule has 1 aromatic rings. The maximum absolute atomic E-state index is 13.6. The molecule has 5 rings (SSSR count). The second kappa shape index (κ2) is 7.47. The highest BCUT2D eigenvalue weighted by Crippen LogP contribution is 2.41. The first kappa shape index (κ1) is 19.7. The summed E-state index contributed by atoms with van der Waals surface area (Å²) < 4.78 is 13.5. The molecule has 0 spiro atoms. The lowest BCUT2D eigenvalue weighted by atomic mass is 9.89. The summed E-state index contributed by atoms with van der Waals surface area (Å²) in [6.07, 6.45) is 12.3. The van der Waals surface area contributed by atoms with E-state index in [0.29, 0.717) is 53.5 Å². The monoisotopic (exact) mass is 438 g/mol. The van der Waals surface area contributed by atoms with Gasteiger partial charge in [-0.1, -0.05) is 34.0 Å². The summed E-state index contributed by atoms with van der Waals surface area (Å²) >= 11 is 6.15. The van der Waals surface area contributed by atoms with Crippen LogP contribution in [0, 0.1) is 5.82 Å². The fourth-order valence-electron chi connectivity index (χ4n) is 4.61. The number of aliphatic imine (C=N–C) groups is 1. The van der Waals surface area contributed by atoms with Crippen molar-refractivity contribution in [3.05, 3.63) is 70.1 Å². The largest absolute Gasteiger partial charge is 0.474 e. The average molecular weight is 439 g/mol. The van der Waals surface area contributed by atoms with E-state index in [2.05, 4.69) is 20.2 Å². The third-order valence-corrected chi connectivity index (χ3v) is 6.31. The number of carbonyl (C=O) groups is 1. The molecule has 2 atom stereocenters. The van der Waals surface area contributed by atoms with Crippen molar-refractivity contribution in [1.29, 1.82) is 0 Å². The molecule has 156 valence electrons. The Morgan fingerprint density at radius 1 is 1.32 bits per heavy atom. The Morgan fingerprint density at radius 2 is 2.19 bits per heavy atom. The normalized spacial score (nSPS) is 27.0. The van der Waals surface area contributed by atoms with Gasteiger partial charge in [0.25, 0.3) is 5.84 Å². The fourth-order valence-corrected chi connectivity index (χ4v) is 4.79. The molecule has 0 bridgehead atoms. The number of pyridine rings is 1. The number of fused-ring (bicyclic) bond motifs is 2. The van der Waals surface area contributed by atoms with E-state index < -0.39 is 5.97 Å². The number of aliphatic carboxylic acids is 1. The van der Waals surface area contributed by atoms with Crippen LogP contribution in [0.15, 0.2) is 73.8 Å². The molecule has 0 fully saturated rings. The van der Waals surface area contributed by atoms with Crippen molar-refractivity contribution in [1.82, 2.24) is 4.98 Å². The minimum Gasteiger partial charge on any atom is -0.474 e. The summed E-state index contributed by atoms with van der Waals surface area (Å²) in [4.78, 5) is 21.3. The van der Waals surface area contributed by atoms with Gasteiger partial charge in [0.05, 0.1) is 17.0 Å². The topological polar surface area (TPSA) is 87.3 Å². The maximum atomic E-state index is 13.6. The van der Waals surface area contributed by atoms with Crippen LogP contribution in [0.4, 0.5) is 4.39 Å². The zero-order valence-electron chi connectivity index (χ0n) is 16.4. The molecule has 0 aromatic carbocycles. The van der Waals surface area contributed by atoms with Crippen LogP contribution in [0.5, 0.6) is 0 Å². The van der Waals surface area contributed by atoms with E-state index in [1.54, 1.807) is 24.7 Å². The van der Waals surface area contributed by atoms with Gasteiger partial charge in [0, 0.05) is 30.5 Å². The number of hydrogen-bond donors (Lipinski definition) is 1. The van der Waals surface area contributed by atoms with Gasteiger partial charge >= 0.3 is 5.97 Å². The van der Waals surface area contributed by atoms with Gasteiger partial charge in [0.2, 0.25) is 12.0 Å². The Kier molecular flexibility index (Phi) is 4.75. The summed E-state index contributed by atoms with van der Waals surface area (Å²) in [7, 11) is 0. The number of carboxylic acid groups (broad SMARTS) is 1. The first-order chi connectivity index (χ1) is 15.0. The standard InChI is InChI=1S/C22H17ClFN5O2/c23-14-3-6-17-19(9-14)26-11-20-28-27-12-29(20,21(17)22(30)31)16-4-1-13(2-5-16)18-10-15(24)7-8-25-18/h1,3,7-12,16H,2,4-6H2/p+1. The molecule has 31 heavy (non-hydrogen) atoms. The van der Waals surface area contributed by atoms with Gasteiger partial charge in [-0.25, -0.2) is 14.2 Å². The number of allylic oxidation sites excluding steroid dienone is 5. The molecule has 2 aliphatic carbocycles. The second-order valence-corrected chi connectivity index (χ2v) is 8.13. The van der Waals surface area contributed by atoms with Crippen LogP contribution >= 0.6 is 11.6 Å². The maximum Gasteiger partial charge on any atom is 0.391 e. The summed E-state index contributed by atoms with van der Waals surface area (Å²) in [6, 6.07) is 2.59. The highest BCUT2D eigenvalue weighted by atomic mass is 35.5. The van der Waals surface area contributed by atoms with E-state index in [-0.39, 0.29) is 22.0 Å². The quantitative estimate of drug-likeness (QED) is 0.719. The predicted octanol–water partition coefficient (Wildman–Crippen LogP) is 4.16. The van der Waals surface area contributed by atoms with Crippen molar-refractivity contribution >= 4 is 41.5 Å². The number of rotatable bonds is 3. The van der Waals surface area contributed by atoms with Crippen LogP contribution in [0.3, 0.4) is 0 Å². The van der Waals surface area contributed by atoms with Crippen molar-refractivity contribution in [3.8, 4) is 0 Å². The van der Waals surface area contributed by atoms with Crippen molar-refractivity contribution in [2.45, 2.75) is 31.7 Å². The number of nitrogens with zero attached hydrogens (tertiary/aromatic N) is 5. The molecule has 4 aliphatic rings. The van der Waals surface area contributed by atoms with Crippen molar-refractivity contribution in [2.75, 3.05) is 0 Å². The lowest BCUT2D eigenvalue weighted by Gasteiger charge is -2.38. The van der Waals surface area contributed by atoms with Crippen LogP contribution in [0.25, 0.3) is 5.57 Å². The number of aromatic nitrogens is 1. The van der Waals surface area contributed by atoms with Crippen molar-refractivity contribution in [3.63, 3.8) is 0 Å². The molecule has 0 saturated carbocycles. The predicted molar refractivity (Wildman–Crippen MR) is 116 cm³/mol. The molecule has 2 aliphatic heterocycles. The van der Waals surface area contributed by atoms with Crippen LogP contribution in [-0.2, 0) is 4.79 Å². The third kappa shape index (κ3) is 3.19. The van der Waals surface area contributed by atoms with Crippen molar-refractivity contribution < 1.29 is 18.8 Å². The summed E-state index contributed by atoms with van der Waals surface area (Å²) in [5.74, 6) is -0.913. The first-order valence-electron chi connectivity index (χ1n) is 9.90. The van der Waals surface area contributed by atoms with Gasteiger partial charge in [-0.3, -0.25) is 4.98 Å². The van der Waals surface area contributed by atoms with Gasteiger partial charge in [-0.2, -0.15) is 4.48 Å². The molecule has 1 aromatic heterocycles. The summed E-state index contributed by atoms with van der Waals surface area (Å²) in [6.45, 7) is 0. The number of amidine groups is 1. The smallest absolute Gasteiger partial charge is 0.391 e. The van der Waals surface area contributed by atoms with Crippen LogP contribution < -0.4 is 0 Å². The SMILES string of the molecule is O=C(O)C1=C2CC=C(Cl)C=C2N=CC2=NN=C[N+]21C1CC=C(c2cc(F)ccn2)CC1. The van der Waals surface area contributed by atoms with Crippen LogP contribution in [-0.4, -0.2) is 45.0 Å². The summed E-state index contributed by atoms with van der Waals surface area (Å²) in [5.41, 5.74) is 2.88. The highest BCUT2D eigenvalue weighted by molar-refractivity contribution is 6.32. The Morgan fingerprint density at radius 3 is 2.94 bits per heavy atom. The zero-order valence-corrected chi connectivity index (χ0v) is 17.1. The number of halogens is 2. The van der Waals surface area contributed by atoms with E-state index in [9.17, 15) is 14.3 Å². The van der Waals surface area contributed by atoms with E-state index in [4.69, 9.17) is 11.6 Å². The van der Waals surface area contributed by atoms with Gasteiger partial charge in [0.15, 0.2) is 0 Å². The minimum absolute atomic E-state index is 0.0999. The van der Waals surface area contributed by atoms with Gasteiger partial charge in [-0.05, 0) is 30.2 Å². The Balaban J connectivity index is 1.59. The van der Waals surface area contributed by atoms with Crippen molar-refractivity contribution in [2.24, 2.45) is 15.2 Å². The van der Waals surface area contributed by atoms with E-state index in [0.717, 1.165) is 5.57 Å². The van der Waals surface area contributed by atoms with E-state index >= 15 is 0 Å².